The fourth-order valence-electron chi connectivity index (χ4n) is 2.10. The zero-order chi connectivity index (χ0) is 14.8. The van der Waals surface area contributed by atoms with Gasteiger partial charge in [-0.25, -0.2) is 8.42 Å². The van der Waals surface area contributed by atoms with Crippen molar-refractivity contribution in [2.24, 2.45) is 0 Å². The van der Waals surface area contributed by atoms with Crippen molar-refractivity contribution in [1.29, 1.82) is 0 Å². The van der Waals surface area contributed by atoms with E-state index in [1.807, 2.05) is 0 Å². The van der Waals surface area contributed by atoms with E-state index in [4.69, 9.17) is 4.52 Å². The summed E-state index contributed by atoms with van der Waals surface area (Å²) in [5.41, 5.74) is 0.326. The summed E-state index contributed by atoms with van der Waals surface area (Å²) in [6.45, 7) is 4.77. The van der Waals surface area contributed by atoms with Crippen LogP contribution in [0.15, 0.2) is 10.6 Å². The van der Waals surface area contributed by atoms with Gasteiger partial charge in [-0.1, -0.05) is 5.16 Å². The number of amides is 1. The quantitative estimate of drug-likeness (QED) is 0.765. The molecule has 0 aliphatic carbocycles. The fraction of sp³-hybridized carbons (Fsp3) is 0.667. The Kier molecular flexibility index (Phi) is 4.44. The second-order valence-corrected chi connectivity index (χ2v) is 7.35. The van der Waals surface area contributed by atoms with Gasteiger partial charge in [-0.3, -0.25) is 9.69 Å². The van der Waals surface area contributed by atoms with Crippen molar-refractivity contribution in [1.82, 2.24) is 15.0 Å². The highest BCUT2D eigenvalue weighted by Gasteiger charge is 2.24. The summed E-state index contributed by atoms with van der Waals surface area (Å²) in [4.78, 5) is 15.9. The summed E-state index contributed by atoms with van der Waals surface area (Å²) in [6.07, 6.45) is 1.24. The Balaban J connectivity index is 1.83. The molecule has 7 nitrogen and oxygen atoms in total. The molecule has 0 aromatic carbocycles. The molecule has 0 atom stereocenters. The summed E-state index contributed by atoms with van der Waals surface area (Å²) in [5, 5.41) is 3.72. The van der Waals surface area contributed by atoms with E-state index in [2.05, 4.69) is 10.1 Å². The molecule has 112 valence electrons. The van der Waals surface area contributed by atoms with Crippen molar-refractivity contribution >= 4 is 15.7 Å². The van der Waals surface area contributed by atoms with E-state index < -0.39 is 9.84 Å². The summed E-state index contributed by atoms with van der Waals surface area (Å²) < 4.78 is 27.1. The molecule has 2 heterocycles. The van der Waals surface area contributed by atoms with Gasteiger partial charge >= 0.3 is 0 Å². The molecular weight excluding hydrogens is 282 g/mol. The fourth-order valence-corrected chi connectivity index (χ4v) is 2.69. The molecule has 20 heavy (non-hydrogen) atoms. The molecule has 0 radical (unpaired) electrons. The molecule has 0 unspecified atom stereocenters. The Hall–Kier alpha value is -1.41. The second kappa shape index (κ2) is 5.92. The molecule has 0 N–H and O–H groups in total. The first-order chi connectivity index (χ1) is 9.35. The summed E-state index contributed by atoms with van der Waals surface area (Å²) in [7, 11) is -2.94. The molecular formula is C12H19N3O4S. The topological polar surface area (TPSA) is 83.7 Å². The van der Waals surface area contributed by atoms with Gasteiger partial charge in [-0.15, -0.1) is 0 Å². The molecule has 1 aliphatic heterocycles. The number of piperazine rings is 1. The van der Waals surface area contributed by atoms with E-state index in [-0.39, 0.29) is 11.7 Å². The van der Waals surface area contributed by atoms with Crippen molar-refractivity contribution in [2.75, 3.05) is 44.7 Å². The Morgan fingerprint density at radius 1 is 1.35 bits per heavy atom. The molecule has 1 aromatic rings. The van der Waals surface area contributed by atoms with Crippen molar-refractivity contribution < 1.29 is 17.7 Å². The normalized spacial score (nSPS) is 17.4. The van der Waals surface area contributed by atoms with Gasteiger partial charge in [0.2, 0.25) is 0 Å². The third kappa shape index (κ3) is 4.04. The average Bonchev–Trinajstić information content (AvgIpc) is 2.82. The smallest absolute Gasteiger partial charge is 0.276 e. The van der Waals surface area contributed by atoms with Crippen molar-refractivity contribution in [2.45, 2.75) is 6.92 Å². The van der Waals surface area contributed by atoms with E-state index >= 15 is 0 Å². The van der Waals surface area contributed by atoms with Gasteiger partial charge in [0.25, 0.3) is 5.91 Å². The second-order valence-electron chi connectivity index (χ2n) is 5.09. The summed E-state index contributed by atoms with van der Waals surface area (Å²) in [6, 6.07) is 1.62. The zero-order valence-electron chi connectivity index (χ0n) is 11.7. The number of carbonyl (C=O) groups excluding carboxylic acids is 1. The number of carbonyl (C=O) groups is 1. The van der Waals surface area contributed by atoms with Crippen LogP contribution in [0.5, 0.6) is 0 Å². The Morgan fingerprint density at radius 2 is 2.00 bits per heavy atom. The minimum absolute atomic E-state index is 0.135. The average molecular weight is 301 g/mol. The Morgan fingerprint density at radius 3 is 2.50 bits per heavy atom. The molecule has 2 rings (SSSR count). The van der Waals surface area contributed by atoms with Crippen LogP contribution in [0, 0.1) is 6.92 Å². The van der Waals surface area contributed by atoms with Gasteiger partial charge in [0.15, 0.2) is 5.69 Å². The van der Waals surface area contributed by atoms with Gasteiger partial charge < -0.3 is 9.42 Å². The van der Waals surface area contributed by atoms with Crippen LogP contribution in [0.2, 0.25) is 0 Å². The number of sulfone groups is 1. The first-order valence-corrected chi connectivity index (χ1v) is 8.54. The van der Waals surface area contributed by atoms with Gasteiger partial charge in [0, 0.05) is 45.0 Å². The Bertz CT molecular complexity index is 573. The van der Waals surface area contributed by atoms with Crippen LogP contribution in [-0.2, 0) is 9.84 Å². The third-order valence-corrected chi connectivity index (χ3v) is 4.21. The molecule has 0 bridgehead atoms. The highest BCUT2D eigenvalue weighted by molar-refractivity contribution is 7.90. The highest BCUT2D eigenvalue weighted by Crippen LogP contribution is 2.09. The van der Waals surface area contributed by atoms with Gasteiger partial charge in [-0.05, 0) is 6.92 Å². The van der Waals surface area contributed by atoms with Crippen molar-refractivity contribution in [3.8, 4) is 0 Å². The lowest BCUT2D eigenvalue weighted by Crippen LogP contribution is -2.49. The molecule has 8 heteroatoms. The van der Waals surface area contributed by atoms with Crippen LogP contribution in [0.25, 0.3) is 0 Å². The first kappa shape index (κ1) is 15.0. The monoisotopic (exact) mass is 301 g/mol. The van der Waals surface area contributed by atoms with Crippen LogP contribution in [0.3, 0.4) is 0 Å². The first-order valence-electron chi connectivity index (χ1n) is 6.48. The van der Waals surface area contributed by atoms with Crippen LogP contribution < -0.4 is 0 Å². The van der Waals surface area contributed by atoms with E-state index in [0.29, 0.717) is 44.2 Å². The molecule has 1 aromatic heterocycles. The number of hydrogen-bond donors (Lipinski definition) is 0. The maximum Gasteiger partial charge on any atom is 0.276 e. The number of hydrogen-bond acceptors (Lipinski definition) is 6. The van der Waals surface area contributed by atoms with Crippen LogP contribution >= 0.6 is 0 Å². The van der Waals surface area contributed by atoms with Gasteiger partial charge in [0.1, 0.15) is 15.6 Å². The SMILES string of the molecule is Cc1cc(C(=O)N2CCN(CCS(C)(=O)=O)CC2)no1. The lowest BCUT2D eigenvalue weighted by Gasteiger charge is -2.34. The van der Waals surface area contributed by atoms with Gasteiger partial charge in [-0.2, -0.15) is 0 Å². The molecule has 1 saturated heterocycles. The number of nitrogens with zero attached hydrogens (tertiary/aromatic N) is 3. The van der Waals surface area contributed by atoms with E-state index in [1.54, 1.807) is 17.9 Å². The zero-order valence-corrected chi connectivity index (χ0v) is 12.5. The van der Waals surface area contributed by atoms with Crippen LogP contribution in [-0.4, -0.2) is 74.0 Å². The predicted molar refractivity (Wildman–Crippen MR) is 73.3 cm³/mol. The maximum atomic E-state index is 12.1. The molecule has 1 aliphatic rings. The van der Waals surface area contributed by atoms with Crippen LogP contribution in [0.1, 0.15) is 16.2 Å². The molecule has 1 fully saturated rings. The van der Waals surface area contributed by atoms with E-state index in [1.165, 1.54) is 6.26 Å². The standard InChI is InChI=1S/C12H19N3O4S/c1-10-9-11(13-19-10)12(16)15-5-3-14(4-6-15)7-8-20(2,17)18/h9H,3-8H2,1-2H3. The lowest BCUT2D eigenvalue weighted by molar-refractivity contribution is 0.0634. The van der Waals surface area contributed by atoms with Gasteiger partial charge in [0.05, 0.1) is 5.75 Å². The summed E-state index contributed by atoms with van der Waals surface area (Å²) >= 11 is 0. The number of rotatable bonds is 4. The number of aryl methyl sites for hydroxylation is 1. The maximum absolute atomic E-state index is 12.1. The Labute approximate surface area is 118 Å². The number of aromatic nitrogens is 1. The summed E-state index contributed by atoms with van der Waals surface area (Å²) in [5.74, 6) is 0.633. The minimum Gasteiger partial charge on any atom is -0.361 e. The lowest BCUT2D eigenvalue weighted by atomic mass is 10.2. The highest BCUT2D eigenvalue weighted by atomic mass is 32.2. The minimum atomic E-state index is -2.94. The third-order valence-electron chi connectivity index (χ3n) is 3.28. The van der Waals surface area contributed by atoms with Crippen molar-refractivity contribution in [3.63, 3.8) is 0 Å². The van der Waals surface area contributed by atoms with E-state index in [9.17, 15) is 13.2 Å². The largest absolute Gasteiger partial charge is 0.361 e. The van der Waals surface area contributed by atoms with Crippen LogP contribution in [0.4, 0.5) is 0 Å². The molecule has 0 saturated carbocycles. The van der Waals surface area contributed by atoms with E-state index in [0.717, 1.165) is 0 Å². The molecule has 1 amide bonds. The van der Waals surface area contributed by atoms with Crippen molar-refractivity contribution in [3.05, 3.63) is 17.5 Å². The molecule has 0 spiro atoms. The predicted octanol–water partition coefficient (Wildman–Crippen LogP) is -0.215.